The van der Waals surface area contributed by atoms with Crippen LogP contribution in [0.4, 0.5) is 0 Å². The second-order valence-electron chi connectivity index (χ2n) is 3.38. The molecule has 0 fully saturated rings. The topological polar surface area (TPSA) is 55.1 Å². The number of aromatic nitrogens is 2. The van der Waals surface area contributed by atoms with Gasteiger partial charge in [-0.2, -0.15) is 5.10 Å². The number of carbonyl (C=O) groups is 1. The predicted molar refractivity (Wildman–Crippen MR) is 53.8 cm³/mol. The van der Waals surface area contributed by atoms with E-state index in [-0.39, 0.29) is 18.8 Å². The van der Waals surface area contributed by atoms with Crippen LogP contribution < -0.4 is 0 Å². The summed E-state index contributed by atoms with van der Waals surface area (Å²) in [4.78, 5) is 10.4. The fourth-order valence-corrected chi connectivity index (χ4v) is 1.72. The summed E-state index contributed by atoms with van der Waals surface area (Å²) >= 11 is 0. The Hall–Kier alpha value is -1.03. The zero-order valence-corrected chi connectivity index (χ0v) is 8.59. The first-order chi connectivity index (χ1) is 6.25. The van der Waals surface area contributed by atoms with Gasteiger partial charge in [0.05, 0.1) is 12.1 Å². The van der Waals surface area contributed by atoms with Gasteiger partial charge in [0.15, 0.2) is 0 Å². The minimum atomic E-state index is -0.810. The van der Waals surface area contributed by atoms with Crippen molar-refractivity contribution in [3.8, 4) is 0 Å². The average Bonchev–Trinajstić information content (AvgIpc) is 2.44. The molecular formula is C9H13ClN2O2. The number of nitrogens with zero attached hydrogens (tertiary/aromatic N) is 2. The van der Waals surface area contributed by atoms with Crippen molar-refractivity contribution in [2.24, 2.45) is 0 Å². The van der Waals surface area contributed by atoms with Crippen LogP contribution >= 0.6 is 12.4 Å². The summed E-state index contributed by atoms with van der Waals surface area (Å²) in [5.74, 6) is -0.810. The van der Waals surface area contributed by atoms with E-state index in [1.54, 1.807) is 0 Å². The lowest BCUT2D eigenvalue weighted by Gasteiger charge is -2.11. The van der Waals surface area contributed by atoms with Crippen LogP contribution in [0.15, 0.2) is 6.07 Å². The van der Waals surface area contributed by atoms with E-state index in [2.05, 4.69) is 5.10 Å². The van der Waals surface area contributed by atoms with Crippen molar-refractivity contribution < 1.29 is 9.90 Å². The molecule has 2 heterocycles. The van der Waals surface area contributed by atoms with Crippen molar-refractivity contribution in [3.63, 3.8) is 0 Å². The van der Waals surface area contributed by atoms with E-state index in [1.807, 2.05) is 10.7 Å². The Morgan fingerprint density at radius 1 is 1.57 bits per heavy atom. The van der Waals surface area contributed by atoms with E-state index in [0.29, 0.717) is 5.69 Å². The molecule has 1 aromatic heterocycles. The summed E-state index contributed by atoms with van der Waals surface area (Å²) in [6.07, 6.45) is 3.42. The van der Waals surface area contributed by atoms with Crippen LogP contribution in [0.2, 0.25) is 0 Å². The molecule has 5 heteroatoms. The van der Waals surface area contributed by atoms with Gasteiger partial charge >= 0.3 is 5.97 Å². The monoisotopic (exact) mass is 216 g/mol. The Morgan fingerprint density at radius 3 is 3.00 bits per heavy atom. The lowest BCUT2D eigenvalue weighted by molar-refractivity contribution is -0.136. The largest absolute Gasteiger partial charge is 0.481 e. The molecule has 0 saturated heterocycles. The summed E-state index contributed by atoms with van der Waals surface area (Å²) in [5.41, 5.74) is 1.87. The average molecular weight is 217 g/mol. The molecule has 0 unspecified atom stereocenters. The molecule has 0 aliphatic carbocycles. The highest BCUT2D eigenvalue weighted by atomic mass is 35.5. The van der Waals surface area contributed by atoms with E-state index in [4.69, 9.17) is 5.11 Å². The Bertz CT molecular complexity index is 312. The van der Waals surface area contributed by atoms with Crippen molar-refractivity contribution in [1.29, 1.82) is 0 Å². The number of hydrogen-bond acceptors (Lipinski definition) is 2. The fraction of sp³-hybridized carbons (Fsp3) is 0.556. The predicted octanol–water partition coefficient (Wildman–Crippen LogP) is 1.27. The SMILES string of the molecule is Cl.O=C(O)Cc1cc2n(n1)CCCC2. The molecule has 14 heavy (non-hydrogen) atoms. The number of halogens is 1. The highest BCUT2D eigenvalue weighted by Gasteiger charge is 2.13. The number of fused-ring (bicyclic) bond motifs is 1. The number of carboxylic acid groups (broad SMARTS) is 1. The summed E-state index contributed by atoms with van der Waals surface area (Å²) in [7, 11) is 0. The minimum Gasteiger partial charge on any atom is -0.481 e. The first-order valence-electron chi connectivity index (χ1n) is 4.53. The van der Waals surface area contributed by atoms with Gasteiger partial charge in [-0.1, -0.05) is 0 Å². The molecule has 0 bridgehead atoms. The van der Waals surface area contributed by atoms with Crippen molar-refractivity contribution in [2.45, 2.75) is 32.2 Å². The molecule has 0 atom stereocenters. The Morgan fingerprint density at radius 2 is 2.36 bits per heavy atom. The zero-order chi connectivity index (χ0) is 9.26. The van der Waals surface area contributed by atoms with Gasteiger partial charge in [-0.15, -0.1) is 12.4 Å². The molecule has 1 aliphatic rings. The summed E-state index contributed by atoms with van der Waals surface area (Å²) in [5, 5.41) is 12.8. The third-order valence-electron chi connectivity index (χ3n) is 2.30. The Kier molecular flexibility index (Phi) is 3.52. The van der Waals surface area contributed by atoms with Crippen LogP contribution in [-0.4, -0.2) is 20.9 Å². The number of aliphatic carboxylic acids is 1. The maximum atomic E-state index is 10.4. The van der Waals surface area contributed by atoms with Crippen molar-refractivity contribution in [2.75, 3.05) is 0 Å². The van der Waals surface area contributed by atoms with E-state index in [9.17, 15) is 4.79 Å². The van der Waals surface area contributed by atoms with Gasteiger partial charge in [-0.25, -0.2) is 0 Å². The lowest BCUT2D eigenvalue weighted by atomic mass is 10.1. The number of carboxylic acids is 1. The van der Waals surface area contributed by atoms with Gasteiger partial charge in [-0.05, 0) is 25.3 Å². The van der Waals surface area contributed by atoms with Crippen LogP contribution in [0.25, 0.3) is 0 Å². The van der Waals surface area contributed by atoms with Gasteiger partial charge in [-0.3, -0.25) is 9.48 Å². The van der Waals surface area contributed by atoms with Gasteiger partial charge in [0.25, 0.3) is 0 Å². The van der Waals surface area contributed by atoms with Crippen molar-refractivity contribution in [3.05, 3.63) is 17.5 Å². The van der Waals surface area contributed by atoms with Crippen molar-refractivity contribution >= 4 is 18.4 Å². The maximum absolute atomic E-state index is 10.4. The van der Waals surface area contributed by atoms with Crippen LogP contribution in [0, 0.1) is 0 Å². The standard InChI is InChI=1S/C9H12N2O2.ClH/c12-9(13)6-7-5-8-3-1-2-4-11(8)10-7;/h5H,1-4,6H2,(H,12,13);1H. The van der Waals surface area contributed by atoms with E-state index >= 15 is 0 Å². The highest BCUT2D eigenvalue weighted by Crippen LogP contribution is 2.15. The molecule has 2 rings (SSSR count). The molecule has 0 aromatic carbocycles. The summed E-state index contributed by atoms with van der Waals surface area (Å²) < 4.78 is 1.93. The quantitative estimate of drug-likeness (QED) is 0.810. The Balaban J connectivity index is 0.000000980. The fourth-order valence-electron chi connectivity index (χ4n) is 1.72. The molecule has 1 N–H and O–H groups in total. The summed E-state index contributed by atoms with van der Waals surface area (Å²) in [6.45, 7) is 0.939. The van der Waals surface area contributed by atoms with Crippen LogP contribution in [0.1, 0.15) is 24.2 Å². The van der Waals surface area contributed by atoms with Crippen LogP contribution in [-0.2, 0) is 24.2 Å². The third kappa shape index (κ3) is 2.26. The molecule has 0 spiro atoms. The summed E-state index contributed by atoms with van der Waals surface area (Å²) in [6, 6.07) is 1.91. The van der Waals surface area contributed by atoms with E-state index in [0.717, 1.165) is 19.4 Å². The number of aryl methyl sites for hydroxylation is 2. The third-order valence-corrected chi connectivity index (χ3v) is 2.30. The molecule has 1 aromatic rings. The number of hydrogen-bond donors (Lipinski definition) is 1. The normalized spacial score (nSPS) is 14.3. The van der Waals surface area contributed by atoms with Crippen molar-refractivity contribution in [1.82, 2.24) is 9.78 Å². The molecule has 1 aliphatic heterocycles. The minimum absolute atomic E-state index is 0. The molecule has 0 saturated carbocycles. The lowest BCUT2D eigenvalue weighted by Crippen LogP contribution is -2.11. The molecule has 0 amide bonds. The smallest absolute Gasteiger partial charge is 0.309 e. The number of rotatable bonds is 2. The van der Waals surface area contributed by atoms with E-state index in [1.165, 1.54) is 12.1 Å². The van der Waals surface area contributed by atoms with Gasteiger partial charge in [0, 0.05) is 12.2 Å². The first kappa shape index (κ1) is 11.0. The highest BCUT2D eigenvalue weighted by molar-refractivity contribution is 5.85. The molecular weight excluding hydrogens is 204 g/mol. The Labute approximate surface area is 88.3 Å². The maximum Gasteiger partial charge on any atom is 0.309 e. The van der Waals surface area contributed by atoms with Gasteiger partial charge in [0.1, 0.15) is 0 Å². The second kappa shape index (κ2) is 4.46. The van der Waals surface area contributed by atoms with Gasteiger partial charge in [0.2, 0.25) is 0 Å². The van der Waals surface area contributed by atoms with E-state index < -0.39 is 5.97 Å². The van der Waals surface area contributed by atoms with Crippen LogP contribution in [0.5, 0.6) is 0 Å². The van der Waals surface area contributed by atoms with Crippen LogP contribution in [0.3, 0.4) is 0 Å². The zero-order valence-electron chi connectivity index (χ0n) is 7.77. The first-order valence-corrected chi connectivity index (χ1v) is 4.53. The van der Waals surface area contributed by atoms with Gasteiger partial charge < -0.3 is 5.11 Å². The molecule has 0 radical (unpaired) electrons. The second-order valence-corrected chi connectivity index (χ2v) is 3.38. The molecule has 4 nitrogen and oxygen atoms in total. The molecule has 78 valence electrons.